The van der Waals surface area contributed by atoms with Gasteiger partial charge in [0.15, 0.2) is 0 Å². The summed E-state index contributed by atoms with van der Waals surface area (Å²) in [4.78, 5) is 21.5. The number of hydrogen-bond acceptors (Lipinski definition) is 9. The van der Waals surface area contributed by atoms with E-state index in [1.54, 1.807) is 0 Å². The first-order chi connectivity index (χ1) is 10.2. The molecule has 0 unspecified atom stereocenters. The summed E-state index contributed by atoms with van der Waals surface area (Å²) in [5.74, 6) is 0. The molecule has 0 saturated carbocycles. The minimum Gasteiger partial charge on any atom is -0.870 e. The maximum Gasteiger partial charge on any atom is 0.247 e. The van der Waals surface area contributed by atoms with Crippen molar-refractivity contribution in [1.29, 1.82) is 0 Å². The van der Waals surface area contributed by atoms with Crippen LogP contribution in [0.4, 0.5) is 0 Å². The van der Waals surface area contributed by atoms with Crippen LogP contribution in [0.25, 0.3) is 0 Å². The van der Waals surface area contributed by atoms with Crippen LogP contribution in [0, 0.1) is 0 Å². The van der Waals surface area contributed by atoms with Gasteiger partial charge in [0.2, 0.25) is 5.14 Å². The highest BCUT2D eigenvalue weighted by molar-refractivity contribution is 4.28. The quantitative estimate of drug-likeness (QED) is 0.157. The van der Waals surface area contributed by atoms with Gasteiger partial charge >= 0.3 is 0 Å². The van der Waals surface area contributed by atoms with E-state index in [9.17, 15) is 0 Å². The first-order valence-corrected chi connectivity index (χ1v) is 7.15. The zero-order chi connectivity index (χ0) is 15.8. The van der Waals surface area contributed by atoms with Gasteiger partial charge in [-0.05, 0) is 0 Å². The van der Waals surface area contributed by atoms with E-state index in [0.29, 0.717) is 25.7 Å². The predicted octanol–water partition coefficient (Wildman–Crippen LogP) is -1.12. The summed E-state index contributed by atoms with van der Waals surface area (Å²) in [5.41, 5.74) is 0. The third-order valence-corrected chi connectivity index (χ3v) is 2.21. The molecule has 10 heteroatoms. The molecule has 0 amide bonds. The Labute approximate surface area is 130 Å². The summed E-state index contributed by atoms with van der Waals surface area (Å²) in [5, 5.41) is 34.2. The zero-order valence-electron chi connectivity index (χ0n) is 12.8. The average Bonchev–Trinajstić information content (AvgIpc) is 2.48. The van der Waals surface area contributed by atoms with Gasteiger partial charge in [-0.15, -0.1) is 0 Å². The highest BCUT2D eigenvalue weighted by Gasteiger charge is 2.38. The van der Waals surface area contributed by atoms with E-state index < -0.39 is 5.14 Å². The van der Waals surface area contributed by atoms with Gasteiger partial charge in [0, 0.05) is 52.1 Å². The Morgan fingerprint density at radius 3 is 0.909 bits per heavy atom. The summed E-state index contributed by atoms with van der Waals surface area (Å²) >= 11 is 0. The van der Waals surface area contributed by atoms with Crippen molar-refractivity contribution < 1.29 is 50.4 Å². The summed E-state index contributed by atoms with van der Waals surface area (Å²) in [6, 6.07) is 0. The van der Waals surface area contributed by atoms with Gasteiger partial charge in [-0.25, -0.2) is 0 Å². The van der Waals surface area contributed by atoms with Crippen molar-refractivity contribution in [2.24, 2.45) is 0 Å². The van der Waals surface area contributed by atoms with Gasteiger partial charge in [0.05, 0.1) is 0 Å². The molecule has 0 aliphatic rings. The topological polar surface area (TPSA) is 148 Å². The van der Waals surface area contributed by atoms with Crippen molar-refractivity contribution in [3.63, 3.8) is 0 Å². The lowest BCUT2D eigenvalue weighted by Gasteiger charge is -2.25. The molecule has 0 saturated heterocycles. The van der Waals surface area contributed by atoms with Gasteiger partial charge in [-0.2, -0.15) is 0 Å². The van der Waals surface area contributed by atoms with Gasteiger partial charge < -0.3 is 25.9 Å². The van der Waals surface area contributed by atoms with E-state index in [2.05, 4.69) is 0 Å². The second-order valence-corrected chi connectivity index (χ2v) is 4.09. The lowest BCUT2D eigenvalue weighted by molar-refractivity contribution is -1.47. The summed E-state index contributed by atoms with van der Waals surface area (Å²) in [6.07, 6.45) is 1.48. The fourth-order valence-corrected chi connectivity index (χ4v) is 1.19. The highest BCUT2D eigenvalue weighted by atomic mass is 17.4. The molecule has 0 aliphatic heterocycles. The molecule has 0 fully saturated rings. The van der Waals surface area contributed by atoms with Crippen molar-refractivity contribution in [2.45, 2.75) is 25.7 Å². The maximum atomic E-state index is 8.80. The van der Waals surface area contributed by atoms with Gasteiger partial charge in [-0.1, -0.05) is 19.4 Å². The molecule has 0 atom stereocenters. The van der Waals surface area contributed by atoms with E-state index >= 15 is 0 Å². The third kappa shape index (κ3) is 12.2. The van der Waals surface area contributed by atoms with Crippen LogP contribution in [-0.2, 0) is 19.4 Å². The molecule has 5 N–H and O–H groups in total. The largest absolute Gasteiger partial charge is 0.870 e. The van der Waals surface area contributed by atoms with Crippen molar-refractivity contribution >= 4 is 0 Å². The van der Waals surface area contributed by atoms with Crippen LogP contribution in [0.3, 0.4) is 0 Å². The minimum atomic E-state index is -1.00. The summed E-state index contributed by atoms with van der Waals surface area (Å²) < 4.78 is 0. The Hall–Kier alpha value is -0.400. The van der Waals surface area contributed by atoms with Crippen LogP contribution in [0.1, 0.15) is 25.7 Å². The molecule has 10 nitrogen and oxygen atoms in total. The lowest BCUT2D eigenvalue weighted by atomic mass is 10.5. The van der Waals surface area contributed by atoms with Crippen molar-refractivity contribution in [2.75, 3.05) is 52.9 Å². The van der Waals surface area contributed by atoms with Crippen LogP contribution in [0.15, 0.2) is 0 Å². The lowest BCUT2D eigenvalue weighted by Crippen LogP contribution is -2.49. The maximum absolute atomic E-state index is 8.80. The summed E-state index contributed by atoms with van der Waals surface area (Å²) in [7, 11) is 0. The molecule has 0 bridgehead atoms. The number of aliphatic hydroxyl groups is 4. The normalized spacial score (nSPS) is 11.5. The molecule has 0 rings (SSSR count). The summed E-state index contributed by atoms with van der Waals surface area (Å²) in [6.45, 7) is 0.325. The molecule has 0 aromatic heterocycles. The Morgan fingerprint density at radius 1 is 0.500 bits per heavy atom. The smallest absolute Gasteiger partial charge is 0.247 e. The first kappa shape index (κ1) is 23.9. The fraction of sp³-hybridized carbons (Fsp3) is 1.00. The van der Waals surface area contributed by atoms with E-state index in [4.69, 9.17) is 39.8 Å². The number of rotatable bonds is 16. The van der Waals surface area contributed by atoms with Crippen LogP contribution in [-0.4, -0.2) is 83.9 Å². The van der Waals surface area contributed by atoms with Crippen molar-refractivity contribution in [3.8, 4) is 0 Å². The second-order valence-electron chi connectivity index (χ2n) is 4.09. The molecular weight excluding hydrogens is 302 g/mol. The van der Waals surface area contributed by atoms with Crippen LogP contribution in [0.5, 0.6) is 0 Å². The third-order valence-electron chi connectivity index (χ3n) is 2.21. The zero-order valence-corrected chi connectivity index (χ0v) is 12.8. The van der Waals surface area contributed by atoms with Crippen molar-refractivity contribution in [3.05, 3.63) is 0 Å². The van der Waals surface area contributed by atoms with Gasteiger partial charge in [0.1, 0.15) is 26.4 Å². The minimum absolute atomic E-state index is 0. The Kier molecular flexibility index (Phi) is 18.4. The van der Waals surface area contributed by atoms with Crippen LogP contribution >= 0.6 is 0 Å². The Bertz CT molecular complexity index is 175. The molecule has 0 aromatic carbocycles. The monoisotopic (exact) mass is 331 g/mol. The molecule has 0 spiro atoms. The second kappa shape index (κ2) is 17.0. The van der Waals surface area contributed by atoms with E-state index in [1.807, 2.05) is 0 Å². The van der Waals surface area contributed by atoms with Crippen molar-refractivity contribution in [1.82, 2.24) is 0 Å². The SMILES string of the molecule is OCCCO[N+](OCCCO)(OCCCO)OCCCO.[OH-]. The molecule has 0 aromatic rings. The first-order valence-electron chi connectivity index (χ1n) is 7.15. The molecular formula is C12H29NO9. The average molecular weight is 331 g/mol. The van der Waals surface area contributed by atoms with Crippen LogP contribution < -0.4 is 0 Å². The van der Waals surface area contributed by atoms with Gasteiger partial charge in [0.25, 0.3) is 0 Å². The molecule has 136 valence electrons. The number of nitrogens with zero attached hydrogens (tertiary/aromatic N) is 1. The van der Waals surface area contributed by atoms with Crippen LogP contribution in [0.2, 0.25) is 0 Å². The highest BCUT2D eigenvalue weighted by Crippen LogP contribution is 2.15. The molecule has 0 heterocycles. The predicted molar refractivity (Wildman–Crippen MR) is 72.8 cm³/mol. The standard InChI is InChI=1S/C12H28NO8.H2O/c14-5-1-9-18-13(19-10-2-6-15,20-11-3-7-16)21-12-4-8-17;/h14-17H,1-12H2;1H2/q+1;/p-1. The number of hydrogen-bond donors (Lipinski definition) is 4. The Morgan fingerprint density at radius 2 is 0.727 bits per heavy atom. The van der Waals surface area contributed by atoms with E-state index in [0.717, 1.165) is 0 Å². The van der Waals surface area contributed by atoms with E-state index in [-0.39, 0.29) is 58.3 Å². The Balaban J connectivity index is 0. The number of quaternary nitrogens is 1. The number of aliphatic hydroxyl groups excluding tert-OH is 4. The van der Waals surface area contributed by atoms with E-state index in [1.165, 1.54) is 0 Å². The molecule has 0 aliphatic carbocycles. The molecule has 0 radical (unpaired) electrons. The van der Waals surface area contributed by atoms with Gasteiger partial charge in [-0.3, -0.25) is 0 Å². The molecule has 22 heavy (non-hydrogen) atoms. The fourth-order valence-electron chi connectivity index (χ4n) is 1.19.